The lowest BCUT2D eigenvalue weighted by Gasteiger charge is -2.29. The van der Waals surface area contributed by atoms with Crippen molar-refractivity contribution in [3.8, 4) is 5.75 Å². The van der Waals surface area contributed by atoms with Crippen LogP contribution in [-0.4, -0.2) is 26.0 Å². The van der Waals surface area contributed by atoms with Gasteiger partial charge in [-0.3, -0.25) is 0 Å². The van der Waals surface area contributed by atoms with Crippen LogP contribution in [-0.2, 0) is 9.47 Å². The van der Waals surface area contributed by atoms with Crippen molar-refractivity contribution in [2.75, 3.05) is 19.8 Å². The zero-order valence-electron chi connectivity index (χ0n) is 14.0. The molecule has 0 aromatic heterocycles. The van der Waals surface area contributed by atoms with Crippen molar-refractivity contribution in [2.45, 2.75) is 51.5 Å². The number of hydrogen-bond acceptors (Lipinski definition) is 3. The minimum Gasteiger partial charge on any atom is -0.494 e. The first kappa shape index (κ1) is 19.1. The quantitative estimate of drug-likeness (QED) is 0.601. The largest absolute Gasteiger partial charge is 0.494 e. The molecular weight excluding hydrogens is 321 g/mol. The molecule has 0 aliphatic carbocycles. The number of unbranched alkanes of at least 4 members (excludes halogenated alkanes) is 2. The molecule has 3 nitrogen and oxygen atoms in total. The molecule has 2 rings (SSSR count). The van der Waals surface area contributed by atoms with Crippen molar-refractivity contribution in [3.05, 3.63) is 29.8 Å². The average molecular weight is 346 g/mol. The van der Waals surface area contributed by atoms with Crippen molar-refractivity contribution in [1.29, 1.82) is 0 Å². The fourth-order valence-electron chi connectivity index (χ4n) is 2.53. The highest BCUT2D eigenvalue weighted by Crippen LogP contribution is 2.30. The van der Waals surface area contributed by atoms with Gasteiger partial charge in [-0.25, -0.2) is 0 Å². The second-order valence-electron chi connectivity index (χ2n) is 6.14. The van der Waals surface area contributed by atoms with E-state index in [9.17, 15) is 13.2 Å². The SMILES string of the molecule is CCCCCOc1ccc([C@H]2OC[C@H](CCC(F)(F)F)CO2)cc1. The molecule has 0 bridgehead atoms. The minimum absolute atomic E-state index is 0.0424. The zero-order chi connectivity index (χ0) is 17.4. The molecule has 6 heteroatoms. The van der Waals surface area contributed by atoms with Crippen molar-refractivity contribution >= 4 is 0 Å². The lowest BCUT2D eigenvalue weighted by molar-refractivity contribution is -0.211. The van der Waals surface area contributed by atoms with E-state index in [1.54, 1.807) is 0 Å². The molecule has 1 aliphatic heterocycles. The molecule has 1 aromatic rings. The van der Waals surface area contributed by atoms with Gasteiger partial charge in [-0.05, 0) is 25.0 Å². The third kappa shape index (κ3) is 6.69. The van der Waals surface area contributed by atoms with Crippen LogP contribution in [0.3, 0.4) is 0 Å². The molecular formula is C18H25F3O3. The summed E-state index contributed by atoms with van der Waals surface area (Å²) < 4.78 is 53.5. The molecule has 1 saturated heterocycles. The Balaban J connectivity index is 1.73. The standard InChI is InChI=1S/C18H25F3O3/c1-2-3-4-11-22-16-7-5-15(6-8-16)17-23-12-14(13-24-17)9-10-18(19,20)21/h5-8,14,17H,2-4,9-13H2,1H3/t14-,17-. The van der Waals surface area contributed by atoms with Gasteiger partial charge in [0.2, 0.25) is 0 Å². The van der Waals surface area contributed by atoms with Gasteiger partial charge in [0, 0.05) is 17.9 Å². The van der Waals surface area contributed by atoms with E-state index in [-0.39, 0.29) is 25.6 Å². The molecule has 1 aromatic carbocycles. The molecule has 0 radical (unpaired) electrons. The molecule has 0 saturated carbocycles. The predicted molar refractivity (Wildman–Crippen MR) is 84.9 cm³/mol. The molecule has 136 valence electrons. The van der Waals surface area contributed by atoms with Crippen molar-refractivity contribution in [3.63, 3.8) is 0 Å². The first-order valence-electron chi connectivity index (χ1n) is 8.50. The highest BCUT2D eigenvalue weighted by Gasteiger charge is 2.30. The van der Waals surface area contributed by atoms with Gasteiger partial charge >= 0.3 is 6.18 Å². The first-order chi connectivity index (χ1) is 11.5. The van der Waals surface area contributed by atoms with Crippen LogP contribution in [0, 0.1) is 5.92 Å². The minimum atomic E-state index is -4.12. The van der Waals surface area contributed by atoms with E-state index >= 15 is 0 Å². The maximum absolute atomic E-state index is 12.2. The second kappa shape index (κ2) is 9.28. The monoisotopic (exact) mass is 346 g/mol. The Labute approximate surface area is 141 Å². The van der Waals surface area contributed by atoms with E-state index in [1.807, 2.05) is 24.3 Å². The Morgan fingerprint density at radius 1 is 1.08 bits per heavy atom. The molecule has 1 aliphatic rings. The summed E-state index contributed by atoms with van der Waals surface area (Å²) >= 11 is 0. The normalized spacial score (nSPS) is 21.7. The number of benzene rings is 1. The number of halogens is 3. The summed E-state index contributed by atoms with van der Waals surface area (Å²) in [4.78, 5) is 0. The summed E-state index contributed by atoms with van der Waals surface area (Å²) in [6.07, 6.45) is -2.04. The molecule has 0 spiro atoms. The van der Waals surface area contributed by atoms with Gasteiger partial charge in [0.25, 0.3) is 0 Å². The van der Waals surface area contributed by atoms with E-state index in [0.717, 1.165) is 30.6 Å². The van der Waals surface area contributed by atoms with E-state index in [1.165, 1.54) is 0 Å². The zero-order valence-corrected chi connectivity index (χ0v) is 14.0. The van der Waals surface area contributed by atoms with Crippen LogP contribution >= 0.6 is 0 Å². The Morgan fingerprint density at radius 2 is 1.75 bits per heavy atom. The van der Waals surface area contributed by atoms with Crippen molar-refractivity contribution in [1.82, 2.24) is 0 Å². The molecule has 0 unspecified atom stereocenters. The molecule has 24 heavy (non-hydrogen) atoms. The summed E-state index contributed by atoms with van der Waals surface area (Å²) in [7, 11) is 0. The van der Waals surface area contributed by atoms with Crippen LogP contribution in [0.15, 0.2) is 24.3 Å². The first-order valence-corrected chi connectivity index (χ1v) is 8.50. The fraction of sp³-hybridized carbons (Fsp3) is 0.667. The van der Waals surface area contributed by atoms with Gasteiger partial charge in [0.1, 0.15) is 5.75 Å². The number of rotatable bonds is 8. The Morgan fingerprint density at radius 3 is 2.33 bits per heavy atom. The van der Waals surface area contributed by atoms with Gasteiger partial charge < -0.3 is 14.2 Å². The van der Waals surface area contributed by atoms with Gasteiger partial charge in [-0.15, -0.1) is 0 Å². The van der Waals surface area contributed by atoms with Crippen molar-refractivity contribution in [2.24, 2.45) is 5.92 Å². The molecule has 1 heterocycles. The van der Waals surface area contributed by atoms with Crippen LogP contribution < -0.4 is 4.74 Å². The van der Waals surface area contributed by atoms with Crippen molar-refractivity contribution < 1.29 is 27.4 Å². The molecule has 0 atom stereocenters. The lowest BCUT2D eigenvalue weighted by atomic mass is 10.0. The van der Waals surface area contributed by atoms with Crippen LogP contribution in [0.1, 0.15) is 50.9 Å². The highest BCUT2D eigenvalue weighted by molar-refractivity contribution is 5.28. The molecule has 0 amide bonds. The third-order valence-corrected chi connectivity index (χ3v) is 3.97. The number of alkyl halides is 3. The van der Waals surface area contributed by atoms with Gasteiger partial charge in [-0.2, -0.15) is 13.2 Å². The highest BCUT2D eigenvalue weighted by atomic mass is 19.4. The van der Waals surface area contributed by atoms with E-state index in [4.69, 9.17) is 14.2 Å². The Bertz CT molecular complexity index is 465. The van der Waals surface area contributed by atoms with E-state index in [0.29, 0.717) is 6.61 Å². The van der Waals surface area contributed by atoms with Crippen LogP contribution in [0.25, 0.3) is 0 Å². The third-order valence-electron chi connectivity index (χ3n) is 3.97. The van der Waals surface area contributed by atoms with Gasteiger partial charge in [0.15, 0.2) is 6.29 Å². The second-order valence-corrected chi connectivity index (χ2v) is 6.14. The van der Waals surface area contributed by atoms with Crippen LogP contribution in [0.5, 0.6) is 5.75 Å². The smallest absolute Gasteiger partial charge is 0.389 e. The maximum atomic E-state index is 12.2. The van der Waals surface area contributed by atoms with Gasteiger partial charge in [-0.1, -0.05) is 31.9 Å². The van der Waals surface area contributed by atoms with E-state index < -0.39 is 18.9 Å². The summed E-state index contributed by atoms with van der Waals surface area (Å²) in [5.74, 6) is 0.595. The molecule has 0 N–H and O–H groups in total. The van der Waals surface area contributed by atoms with Crippen LogP contribution in [0.2, 0.25) is 0 Å². The van der Waals surface area contributed by atoms with E-state index in [2.05, 4.69) is 6.92 Å². The Kier molecular flexibility index (Phi) is 7.37. The number of ether oxygens (including phenoxy) is 3. The summed E-state index contributed by atoms with van der Waals surface area (Å²) in [5.41, 5.74) is 0.852. The number of hydrogen-bond donors (Lipinski definition) is 0. The van der Waals surface area contributed by atoms with Crippen LogP contribution in [0.4, 0.5) is 13.2 Å². The fourth-order valence-corrected chi connectivity index (χ4v) is 2.53. The lowest BCUT2D eigenvalue weighted by Crippen LogP contribution is -2.28. The van der Waals surface area contributed by atoms with Gasteiger partial charge in [0.05, 0.1) is 19.8 Å². The summed E-state index contributed by atoms with van der Waals surface area (Å²) in [6, 6.07) is 7.47. The topological polar surface area (TPSA) is 27.7 Å². The summed E-state index contributed by atoms with van der Waals surface area (Å²) in [5, 5.41) is 0. The maximum Gasteiger partial charge on any atom is 0.389 e. The predicted octanol–water partition coefficient (Wildman–Crippen LogP) is 5.26. The molecule has 1 fully saturated rings. The Hall–Kier alpha value is -1.27. The summed E-state index contributed by atoms with van der Waals surface area (Å²) in [6.45, 7) is 3.42. The average Bonchev–Trinajstić information content (AvgIpc) is 2.57.